The molecule has 186 valence electrons. The van der Waals surface area contributed by atoms with Crippen LogP contribution in [-0.2, 0) is 4.74 Å². The van der Waals surface area contributed by atoms with Gasteiger partial charge in [-0.2, -0.15) is 13.9 Å². The molecule has 0 spiro atoms. The van der Waals surface area contributed by atoms with E-state index in [2.05, 4.69) is 20.4 Å². The third kappa shape index (κ3) is 7.11. The van der Waals surface area contributed by atoms with Crippen LogP contribution in [-0.4, -0.2) is 68.6 Å². The van der Waals surface area contributed by atoms with E-state index >= 15 is 8.78 Å². The predicted molar refractivity (Wildman–Crippen MR) is 132 cm³/mol. The molecule has 1 aliphatic heterocycles. The maximum Gasteiger partial charge on any atom is 0.212 e. The highest BCUT2D eigenvalue weighted by Crippen LogP contribution is 2.33. The standard InChI is InChI=1S/C25H35F2N5O2/c1-4-9-32(10-5-2)25-22(27)23(34-16-13-31-11-14-33-15-12-31)21(26)24(29-25)30-28-18-20-8-6-7-19(3)17-20/h6-8,17-18H,4-5,9-16H2,1-3H3,(H,29,30)/b28-18+. The fraction of sp³-hybridized carbons (Fsp3) is 0.520. The Kier molecular flexibility index (Phi) is 10.0. The number of halogens is 2. The quantitative estimate of drug-likeness (QED) is 0.362. The number of hydrazone groups is 1. The Bertz CT molecular complexity index is 945. The molecule has 9 heteroatoms. The van der Waals surface area contributed by atoms with E-state index in [0.29, 0.717) is 32.8 Å². The molecule has 0 radical (unpaired) electrons. The molecule has 1 aromatic heterocycles. The van der Waals surface area contributed by atoms with Crippen LogP contribution in [0.15, 0.2) is 29.4 Å². The zero-order valence-corrected chi connectivity index (χ0v) is 20.3. The van der Waals surface area contributed by atoms with Gasteiger partial charge < -0.3 is 14.4 Å². The summed E-state index contributed by atoms with van der Waals surface area (Å²) >= 11 is 0. The van der Waals surface area contributed by atoms with Gasteiger partial charge in [-0.1, -0.05) is 43.7 Å². The number of benzene rings is 1. The molecule has 0 atom stereocenters. The van der Waals surface area contributed by atoms with Crippen molar-refractivity contribution in [3.8, 4) is 5.75 Å². The highest BCUT2D eigenvalue weighted by molar-refractivity contribution is 5.80. The minimum absolute atomic E-state index is 0.0692. The molecule has 0 unspecified atom stereocenters. The molecule has 0 aliphatic carbocycles. The Morgan fingerprint density at radius 2 is 1.91 bits per heavy atom. The minimum atomic E-state index is -0.891. The molecule has 1 aromatic carbocycles. The van der Waals surface area contributed by atoms with Crippen LogP contribution in [0.2, 0.25) is 0 Å². The van der Waals surface area contributed by atoms with E-state index in [4.69, 9.17) is 9.47 Å². The van der Waals surface area contributed by atoms with Gasteiger partial charge in [0.15, 0.2) is 17.4 Å². The summed E-state index contributed by atoms with van der Waals surface area (Å²) in [7, 11) is 0. The number of nitrogens with one attached hydrogen (secondary N) is 1. The molecule has 2 heterocycles. The summed E-state index contributed by atoms with van der Waals surface area (Å²) in [5.74, 6) is -2.20. The second-order valence-electron chi connectivity index (χ2n) is 8.31. The Morgan fingerprint density at radius 1 is 1.18 bits per heavy atom. The van der Waals surface area contributed by atoms with Crippen molar-refractivity contribution in [3.05, 3.63) is 47.0 Å². The van der Waals surface area contributed by atoms with Gasteiger partial charge in [-0.15, -0.1) is 0 Å². The van der Waals surface area contributed by atoms with Gasteiger partial charge >= 0.3 is 0 Å². The number of nitrogens with zero attached hydrogens (tertiary/aromatic N) is 4. The van der Waals surface area contributed by atoms with Gasteiger partial charge in [-0.05, 0) is 25.3 Å². The third-order valence-electron chi connectivity index (χ3n) is 5.49. The van der Waals surface area contributed by atoms with Crippen LogP contribution in [0.4, 0.5) is 20.4 Å². The van der Waals surface area contributed by atoms with Crippen LogP contribution in [0.3, 0.4) is 0 Å². The van der Waals surface area contributed by atoms with Crippen molar-refractivity contribution in [1.29, 1.82) is 0 Å². The maximum absolute atomic E-state index is 15.4. The first kappa shape index (κ1) is 25.8. The van der Waals surface area contributed by atoms with E-state index in [1.807, 2.05) is 49.9 Å². The average molecular weight is 476 g/mol. The summed E-state index contributed by atoms with van der Waals surface area (Å²) in [4.78, 5) is 8.23. The van der Waals surface area contributed by atoms with E-state index in [0.717, 1.165) is 37.1 Å². The van der Waals surface area contributed by atoms with Gasteiger partial charge in [0.05, 0.1) is 19.4 Å². The zero-order valence-electron chi connectivity index (χ0n) is 20.3. The minimum Gasteiger partial charge on any atom is -0.486 e. The van der Waals surface area contributed by atoms with Crippen molar-refractivity contribution >= 4 is 17.9 Å². The van der Waals surface area contributed by atoms with Gasteiger partial charge in [0.25, 0.3) is 0 Å². The molecule has 34 heavy (non-hydrogen) atoms. The van der Waals surface area contributed by atoms with Crippen molar-refractivity contribution in [2.24, 2.45) is 5.10 Å². The van der Waals surface area contributed by atoms with Gasteiger partial charge in [0.2, 0.25) is 11.6 Å². The number of ether oxygens (including phenoxy) is 2. The summed E-state index contributed by atoms with van der Waals surface area (Å²) in [5.41, 5.74) is 4.59. The Hall–Kier alpha value is -2.78. The number of aryl methyl sites for hydroxylation is 1. The molecule has 0 bridgehead atoms. The lowest BCUT2D eigenvalue weighted by Crippen LogP contribution is -2.38. The largest absolute Gasteiger partial charge is 0.486 e. The topological polar surface area (TPSA) is 62.2 Å². The average Bonchev–Trinajstić information content (AvgIpc) is 2.83. The summed E-state index contributed by atoms with van der Waals surface area (Å²) in [6.45, 7) is 10.8. The van der Waals surface area contributed by atoms with Crippen LogP contribution < -0.4 is 15.1 Å². The molecule has 1 saturated heterocycles. The lowest BCUT2D eigenvalue weighted by Gasteiger charge is -2.27. The van der Waals surface area contributed by atoms with E-state index < -0.39 is 17.4 Å². The molecule has 0 amide bonds. The monoisotopic (exact) mass is 475 g/mol. The predicted octanol–water partition coefficient (Wildman–Crippen LogP) is 4.45. The van der Waals surface area contributed by atoms with Crippen LogP contribution in [0.25, 0.3) is 0 Å². The second-order valence-corrected chi connectivity index (χ2v) is 8.31. The Labute approximate surface area is 200 Å². The molecule has 1 fully saturated rings. The number of hydrogen-bond donors (Lipinski definition) is 1. The summed E-state index contributed by atoms with van der Waals surface area (Å²) in [5, 5.41) is 4.13. The van der Waals surface area contributed by atoms with Crippen molar-refractivity contribution in [3.63, 3.8) is 0 Å². The smallest absolute Gasteiger partial charge is 0.212 e. The lowest BCUT2D eigenvalue weighted by atomic mass is 10.2. The van der Waals surface area contributed by atoms with E-state index in [1.54, 1.807) is 6.21 Å². The van der Waals surface area contributed by atoms with Crippen LogP contribution in [0, 0.1) is 18.6 Å². The van der Waals surface area contributed by atoms with Crippen LogP contribution in [0.1, 0.15) is 37.8 Å². The van der Waals surface area contributed by atoms with Gasteiger partial charge in [-0.3, -0.25) is 10.3 Å². The number of rotatable bonds is 12. The Balaban J connectivity index is 1.84. The maximum atomic E-state index is 15.4. The fourth-order valence-corrected chi connectivity index (χ4v) is 3.80. The summed E-state index contributed by atoms with van der Waals surface area (Å²) in [6.07, 6.45) is 3.19. The Morgan fingerprint density at radius 3 is 2.59 bits per heavy atom. The fourth-order valence-electron chi connectivity index (χ4n) is 3.80. The number of anilines is 2. The van der Waals surface area contributed by atoms with Crippen molar-refractivity contribution in [1.82, 2.24) is 9.88 Å². The van der Waals surface area contributed by atoms with Gasteiger partial charge in [0.1, 0.15) is 6.61 Å². The summed E-state index contributed by atoms with van der Waals surface area (Å²) < 4.78 is 41.7. The first-order chi connectivity index (χ1) is 16.5. The molecule has 3 rings (SSSR count). The number of pyridine rings is 1. The molecular formula is C25H35F2N5O2. The normalized spacial score (nSPS) is 14.5. The third-order valence-corrected chi connectivity index (χ3v) is 5.49. The van der Waals surface area contributed by atoms with Gasteiger partial charge in [-0.25, -0.2) is 4.98 Å². The SMILES string of the molecule is CCCN(CCC)c1nc(N/N=C/c2cccc(C)c2)c(F)c(OCCN2CCOCC2)c1F. The molecule has 2 aromatic rings. The molecule has 1 aliphatic rings. The molecule has 7 nitrogen and oxygen atoms in total. The van der Waals surface area contributed by atoms with E-state index in [1.165, 1.54) is 0 Å². The van der Waals surface area contributed by atoms with Crippen molar-refractivity contribution in [2.45, 2.75) is 33.6 Å². The summed E-state index contributed by atoms with van der Waals surface area (Å²) in [6, 6.07) is 7.74. The van der Waals surface area contributed by atoms with E-state index in [9.17, 15) is 0 Å². The van der Waals surface area contributed by atoms with Crippen molar-refractivity contribution in [2.75, 3.05) is 62.9 Å². The number of aromatic nitrogens is 1. The van der Waals surface area contributed by atoms with Gasteiger partial charge in [0, 0.05) is 32.7 Å². The molecule has 0 saturated carbocycles. The lowest BCUT2D eigenvalue weighted by molar-refractivity contribution is 0.0318. The zero-order chi connectivity index (χ0) is 24.3. The van der Waals surface area contributed by atoms with Crippen LogP contribution in [0.5, 0.6) is 5.75 Å². The first-order valence-electron chi connectivity index (χ1n) is 12.0. The van der Waals surface area contributed by atoms with E-state index in [-0.39, 0.29) is 18.2 Å². The van der Waals surface area contributed by atoms with Crippen LogP contribution >= 0.6 is 0 Å². The number of morpholine rings is 1. The highest BCUT2D eigenvalue weighted by atomic mass is 19.1. The molecular weight excluding hydrogens is 440 g/mol. The number of hydrogen-bond acceptors (Lipinski definition) is 7. The van der Waals surface area contributed by atoms with Crippen molar-refractivity contribution < 1.29 is 18.3 Å². The second kappa shape index (κ2) is 13.2. The highest BCUT2D eigenvalue weighted by Gasteiger charge is 2.25. The molecule has 1 N–H and O–H groups in total. The first-order valence-corrected chi connectivity index (χ1v) is 12.0.